The maximum Gasteiger partial charge on any atom is 1.00 e. The molecule has 0 unspecified atom stereocenters. The number of hydrogen-bond acceptors (Lipinski definition) is 2. The van der Waals surface area contributed by atoms with Gasteiger partial charge in [-0.3, -0.25) is 9.13 Å². The second kappa shape index (κ2) is 6.58. The van der Waals surface area contributed by atoms with Gasteiger partial charge in [0, 0.05) is 0 Å². The minimum absolute atomic E-state index is 0. The molecular formula is CH4Cl2Na2O6P2+2. The zero-order valence-electron chi connectivity index (χ0n) is 6.76. The maximum absolute atomic E-state index is 10.2. The minimum atomic E-state index is -5.22. The summed E-state index contributed by atoms with van der Waals surface area (Å²) in [4.78, 5) is 32.9. The van der Waals surface area contributed by atoms with Gasteiger partial charge in [-0.25, -0.2) is 0 Å². The fraction of sp³-hybridized carbons (Fsp3) is 1.00. The average Bonchev–Trinajstić information content (AvgIpc) is 1.58. The molecule has 0 aromatic heterocycles. The third kappa shape index (κ3) is 5.66. The van der Waals surface area contributed by atoms with Crippen LogP contribution in [0.4, 0.5) is 0 Å². The summed E-state index contributed by atoms with van der Waals surface area (Å²) in [5, 5.41) is 0. The SMILES string of the molecule is O=P(O)(O)C(Cl)(Cl)P(=O)(O)O.[Na+].[Na+]. The van der Waals surface area contributed by atoms with E-state index in [4.69, 9.17) is 42.8 Å². The van der Waals surface area contributed by atoms with Crippen LogP contribution in [0.2, 0.25) is 0 Å². The monoisotopic (exact) mass is 290 g/mol. The Hall–Kier alpha value is 2.88. The third-order valence-electron chi connectivity index (χ3n) is 0.701. The van der Waals surface area contributed by atoms with E-state index in [1.165, 1.54) is 0 Å². The molecule has 0 rings (SSSR count). The molecule has 0 aliphatic heterocycles. The van der Waals surface area contributed by atoms with Crippen LogP contribution in [0.1, 0.15) is 0 Å². The van der Waals surface area contributed by atoms with Crippen LogP contribution in [0, 0.1) is 0 Å². The van der Waals surface area contributed by atoms with Gasteiger partial charge in [-0.1, -0.05) is 23.2 Å². The minimum Gasteiger partial charge on any atom is -0.322 e. The zero-order chi connectivity index (χ0) is 9.50. The molecule has 6 nitrogen and oxygen atoms in total. The topological polar surface area (TPSA) is 115 Å². The maximum atomic E-state index is 10.2. The van der Waals surface area contributed by atoms with Crippen molar-refractivity contribution in [3.05, 3.63) is 0 Å². The average molecular weight is 291 g/mol. The molecule has 12 heteroatoms. The third-order valence-corrected chi connectivity index (χ3v) is 6.31. The smallest absolute Gasteiger partial charge is 0.322 e. The van der Waals surface area contributed by atoms with Gasteiger partial charge in [-0.2, -0.15) is 0 Å². The fourth-order valence-electron chi connectivity index (χ4n) is 0.170. The Morgan fingerprint density at radius 3 is 1.00 bits per heavy atom. The van der Waals surface area contributed by atoms with Crippen LogP contribution in [0.25, 0.3) is 0 Å². The second-order valence-electron chi connectivity index (χ2n) is 1.60. The van der Waals surface area contributed by atoms with Gasteiger partial charge >= 0.3 is 78.1 Å². The molecule has 0 aromatic carbocycles. The predicted molar refractivity (Wildman–Crippen MR) is 38.5 cm³/mol. The van der Waals surface area contributed by atoms with Crippen LogP contribution in [-0.4, -0.2) is 23.4 Å². The van der Waals surface area contributed by atoms with Crippen molar-refractivity contribution in [3.8, 4) is 0 Å². The van der Waals surface area contributed by atoms with Gasteiger partial charge < -0.3 is 19.6 Å². The van der Waals surface area contributed by atoms with Crippen LogP contribution >= 0.6 is 38.4 Å². The molecule has 0 bridgehead atoms. The van der Waals surface area contributed by atoms with E-state index < -0.39 is 19.0 Å². The summed E-state index contributed by atoms with van der Waals surface area (Å²) in [7, 11) is -10.4. The molecule has 4 N–H and O–H groups in total. The Labute approximate surface area is 128 Å². The first-order valence-electron chi connectivity index (χ1n) is 1.99. The van der Waals surface area contributed by atoms with Gasteiger partial charge in [0.15, 0.2) is 0 Å². The molecule has 0 aliphatic carbocycles. The van der Waals surface area contributed by atoms with E-state index in [0.717, 1.165) is 0 Å². The van der Waals surface area contributed by atoms with Gasteiger partial charge in [0.1, 0.15) is 0 Å². The van der Waals surface area contributed by atoms with E-state index >= 15 is 0 Å². The molecule has 0 radical (unpaired) electrons. The van der Waals surface area contributed by atoms with Crippen LogP contribution in [-0.2, 0) is 9.13 Å². The second-order valence-corrected chi connectivity index (χ2v) is 7.85. The summed E-state index contributed by atoms with van der Waals surface area (Å²) < 4.78 is 17.1. The van der Waals surface area contributed by atoms with Crippen molar-refractivity contribution in [2.45, 2.75) is 3.82 Å². The van der Waals surface area contributed by atoms with Crippen LogP contribution in [0.3, 0.4) is 0 Å². The van der Waals surface area contributed by atoms with Crippen molar-refractivity contribution < 1.29 is 87.8 Å². The van der Waals surface area contributed by atoms with Crippen molar-refractivity contribution >= 4 is 38.4 Å². The van der Waals surface area contributed by atoms with Crippen LogP contribution in [0.5, 0.6) is 0 Å². The Kier molecular flexibility index (Phi) is 10.7. The fourth-order valence-corrected chi connectivity index (χ4v) is 1.53. The Morgan fingerprint density at radius 1 is 0.846 bits per heavy atom. The van der Waals surface area contributed by atoms with Gasteiger partial charge in [-0.05, 0) is 0 Å². The molecule has 0 spiro atoms. The van der Waals surface area contributed by atoms with Gasteiger partial charge in [-0.15, -0.1) is 0 Å². The molecule has 68 valence electrons. The Bertz CT molecular complexity index is 219. The van der Waals surface area contributed by atoms with Crippen molar-refractivity contribution in [2.24, 2.45) is 0 Å². The molecular weight excluding hydrogens is 287 g/mol. The summed E-state index contributed by atoms with van der Waals surface area (Å²) in [5.74, 6) is 0. The molecule has 0 amide bonds. The van der Waals surface area contributed by atoms with Crippen molar-refractivity contribution in [1.29, 1.82) is 0 Å². The molecule has 0 aromatic rings. The van der Waals surface area contributed by atoms with E-state index in [9.17, 15) is 9.13 Å². The molecule has 0 aliphatic rings. The van der Waals surface area contributed by atoms with E-state index in [0.29, 0.717) is 0 Å². The van der Waals surface area contributed by atoms with E-state index in [2.05, 4.69) is 0 Å². The normalized spacial score (nSPS) is 12.8. The number of alkyl halides is 2. The Morgan fingerprint density at radius 2 is 1.00 bits per heavy atom. The van der Waals surface area contributed by atoms with Gasteiger partial charge in [0.2, 0.25) is 0 Å². The van der Waals surface area contributed by atoms with Crippen LogP contribution in [0.15, 0.2) is 0 Å². The van der Waals surface area contributed by atoms with E-state index in [1.54, 1.807) is 0 Å². The van der Waals surface area contributed by atoms with Crippen molar-refractivity contribution in [1.82, 2.24) is 0 Å². The van der Waals surface area contributed by atoms with Crippen molar-refractivity contribution in [2.75, 3.05) is 0 Å². The molecule has 0 saturated carbocycles. The first-order chi connectivity index (χ1) is 4.50. The first kappa shape index (κ1) is 21.2. The number of rotatable bonds is 2. The molecule has 0 heterocycles. The summed E-state index contributed by atoms with van der Waals surface area (Å²) in [6, 6.07) is 0. The number of hydrogen-bond donors (Lipinski definition) is 4. The largest absolute Gasteiger partial charge is 1.00 e. The van der Waals surface area contributed by atoms with Gasteiger partial charge in [0.05, 0.1) is 0 Å². The standard InChI is InChI=1S/CH4Cl2O6P2.2Na/c2-1(3,10(4,5)6)11(7,8)9;;/h(H2,4,5,6)(H2,7,8,9);;/q;2*+1. The summed E-state index contributed by atoms with van der Waals surface area (Å²) in [5.41, 5.74) is 0. The van der Waals surface area contributed by atoms with E-state index in [1.807, 2.05) is 0 Å². The summed E-state index contributed by atoms with van der Waals surface area (Å²) >= 11 is 9.46. The molecule has 0 fully saturated rings. The zero-order valence-corrected chi connectivity index (χ0v) is 14.1. The van der Waals surface area contributed by atoms with Gasteiger partial charge in [0.25, 0.3) is 0 Å². The van der Waals surface area contributed by atoms with E-state index in [-0.39, 0.29) is 59.1 Å². The van der Waals surface area contributed by atoms with Crippen LogP contribution < -0.4 is 59.1 Å². The molecule has 0 saturated heterocycles. The summed E-state index contributed by atoms with van der Waals surface area (Å²) in [6.07, 6.45) is 0. The number of halogens is 2. The quantitative estimate of drug-likeness (QED) is 0.229. The molecule has 13 heavy (non-hydrogen) atoms. The first-order valence-corrected chi connectivity index (χ1v) is 5.97. The van der Waals surface area contributed by atoms with Crippen molar-refractivity contribution in [3.63, 3.8) is 0 Å². The predicted octanol–water partition coefficient (Wildman–Crippen LogP) is -5.56. The summed E-state index contributed by atoms with van der Waals surface area (Å²) in [6.45, 7) is 0. The molecule has 0 atom stereocenters. The Balaban J connectivity index is -0.000000500.